The fourth-order valence-corrected chi connectivity index (χ4v) is 3.46. The summed E-state index contributed by atoms with van der Waals surface area (Å²) < 4.78 is 0. The lowest BCUT2D eigenvalue weighted by Gasteiger charge is -2.31. The van der Waals surface area contributed by atoms with Gasteiger partial charge in [-0.05, 0) is 31.2 Å². The van der Waals surface area contributed by atoms with Crippen LogP contribution in [0.15, 0.2) is 30.3 Å². The molecule has 2 fully saturated rings. The van der Waals surface area contributed by atoms with E-state index in [0.29, 0.717) is 11.8 Å². The SMILES string of the molecule is CC(=O)[C@@H]1CC[C@H]2CN(Cc3ccccc3)CC2N1. The van der Waals surface area contributed by atoms with Crippen molar-refractivity contribution in [2.45, 2.75) is 38.4 Å². The monoisotopic (exact) mass is 258 g/mol. The number of carbonyl (C=O) groups is 1. The highest BCUT2D eigenvalue weighted by Gasteiger charge is 2.38. The molecule has 0 saturated carbocycles. The van der Waals surface area contributed by atoms with Crippen LogP contribution in [-0.2, 0) is 11.3 Å². The lowest BCUT2D eigenvalue weighted by Crippen LogP contribution is -2.50. The molecule has 3 atom stereocenters. The summed E-state index contributed by atoms with van der Waals surface area (Å²) in [4.78, 5) is 14.0. The zero-order valence-electron chi connectivity index (χ0n) is 11.5. The smallest absolute Gasteiger partial charge is 0.146 e. The molecule has 102 valence electrons. The fourth-order valence-electron chi connectivity index (χ4n) is 3.46. The molecule has 19 heavy (non-hydrogen) atoms. The highest BCUT2D eigenvalue weighted by molar-refractivity contribution is 5.81. The number of nitrogens with one attached hydrogen (secondary N) is 1. The van der Waals surface area contributed by atoms with Gasteiger partial charge in [0.1, 0.15) is 5.78 Å². The number of rotatable bonds is 3. The highest BCUT2D eigenvalue weighted by Crippen LogP contribution is 2.28. The van der Waals surface area contributed by atoms with E-state index in [-0.39, 0.29) is 6.04 Å². The number of piperidine rings is 1. The molecule has 0 bridgehead atoms. The van der Waals surface area contributed by atoms with Gasteiger partial charge in [-0.3, -0.25) is 9.69 Å². The van der Waals surface area contributed by atoms with Crippen LogP contribution in [0.4, 0.5) is 0 Å². The number of hydrogen-bond acceptors (Lipinski definition) is 3. The summed E-state index contributed by atoms with van der Waals surface area (Å²) >= 11 is 0. The molecule has 1 unspecified atom stereocenters. The van der Waals surface area contributed by atoms with Crippen LogP contribution < -0.4 is 5.32 Å². The molecule has 2 saturated heterocycles. The number of Topliss-reactive ketones (excluding diaryl/α,β-unsaturated/α-hetero) is 1. The summed E-state index contributed by atoms with van der Waals surface area (Å²) in [6.07, 6.45) is 2.20. The minimum atomic E-state index is 0.0953. The van der Waals surface area contributed by atoms with Crippen LogP contribution >= 0.6 is 0 Å². The summed E-state index contributed by atoms with van der Waals surface area (Å²) in [6.45, 7) is 4.97. The summed E-state index contributed by atoms with van der Waals surface area (Å²) in [6, 6.07) is 11.2. The largest absolute Gasteiger partial charge is 0.303 e. The van der Waals surface area contributed by atoms with Crippen LogP contribution in [-0.4, -0.2) is 35.9 Å². The fraction of sp³-hybridized carbons (Fsp3) is 0.562. The van der Waals surface area contributed by atoms with Gasteiger partial charge in [0.25, 0.3) is 0 Å². The Morgan fingerprint density at radius 3 is 2.79 bits per heavy atom. The van der Waals surface area contributed by atoms with Crippen LogP contribution in [0.2, 0.25) is 0 Å². The lowest BCUT2D eigenvalue weighted by molar-refractivity contribution is -0.119. The first-order valence-corrected chi connectivity index (χ1v) is 7.25. The van der Waals surface area contributed by atoms with Gasteiger partial charge in [0.05, 0.1) is 6.04 Å². The van der Waals surface area contributed by atoms with Crippen molar-refractivity contribution >= 4 is 5.78 Å². The van der Waals surface area contributed by atoms with Gasteiger partial charge in [-0.2, -0.15) is 0 Å². The predicted octanol–water partition coefficient (Wildman–Crippen LogP) is 1.83. The molecule has 0 aromatic heterocycles. The van der Waals surface area contributed by atoms with Gasteiger partial charge >= 0.3 is 0 Å². The average molecular weight is 258 g/mol. The Morgan fingerprint density at radius 1 is 1.26 bits per heavy atom. The molecule has 0 spiro atoms. The van der Waals surface area contributed by atoms with Crippen molar-refractivity contribution in [2.24, 2.45) is 5.92 Å². The van der Waals surface area contributed by atoms with Crippen LogP contribution in [0.5, 0.6) is 0 Å². The minimum absolute atomic E-state index is 0.0953. The van der Waals surface area contributed by atoms with Gasteiger partial charge in [0.15, 0.2) is 0 Å². The second kappa shape index (κ2) is 5.43. The predicted molar refractivity (Wildman–Crippen MR) is 75.8 cm³/mol. The molecule has 2 aliphatic rings. The molecule has 2 heterocycles. The van der Waals surface area contributed by atoms with Crippen molar-refractivity contribution in [1.29, 1.82) is 0 Å². The zero-order chi connectivity index (χ0) is 13.2. The van der Waals surface area contributed by atoms with Crippen molar-refractivity contribution in [3.05, 3.63) is 35.9 Å². The van der Waals surface area contributed by atoms with Crippen molar-refractivity contribution < 1.29 is 4.79 Å². The van der Waals surface area contributed by atoms with Crippen LogP contribution in [0.1, 0.15) is 25.3 Å². The molecule has 0 amide bonds. The standard InChI is InChI=1S/C16H22N2O/c1-12(19)15-8-7-14-10-18(11-16(14)17-15)9-13-5-3-2-4-6-13/h2-6,14-17H,7-11H2,1H3/t14-,15-,16?/m0/s1. The van der Waals surface area contributed by atoms with E-state index < -0.39 is 0 Å². The molecule has 0 aliphatic carbocycles. The third-order valence-electron chi connectivity index (χ3n) is 4.50. The number of fused-ring (bicyclic) bond motifs is 1. The van der Waals surface area contributed by atoms with Gasteiger partial charge < -0.3 is 5.32 Å². The molecule has 0 radical (unpaired) electrons. The van der Waals surface area contributed by atoms with Crippen LogP contribution in [0, 0.1) is 5.92 Å². The van der Waals surface area contributed by atoms with Gasteiger partial charge in [-0.1, -0.05) is 30.3 Å². The second-order valence-electron chi connectivity index (χ2n) is 5.95. The van der Waals surface area contributed by atoms with E-state index in [0.717, 1.165) is 32.0 Å². The normalized spacial score (nSPS) is 31.1. The number of nitrogens with zero attached hydrogens (tertiary/aromatic N) is 1. The molecule has 3 rings (SSSR count). The number of ketones is 1. The molecule has 1 N–H and O–H groups in total. The summed E-state index contributed by atoms with van der Waals surface area (Å²) in [5.74, 6) is 1.01. The van der Waals surface area contributed by atoms with Crippen molar-refractivity contribution in [3.63, 3.8) is 0 Å². The van der Waals surface area contributed by atoms with E-state index in [1.165, 1.54) is 12.0 Å². The maximum absolute atomic E-state index is 11.5. The Hall–Kier alpha value is -1.19. The quantitative estimate of drug-likeness (QED) is 0.897. The maximum atomic E-state index is 11.5. The van der Waals surface area contributed by atoms with E-state index >= 15 is 0 Å². The van der Waals surface area contributed by atoms with Gasteiger partial charge in [0.2, 0.25) is 0 Å². The highest BCUT2D eigenvalue weighted by atomic mass is 16.1. The first-order chi connectivity index (χ1) is 9.22. The Morgan fingerprint density at radius 2 is 2.05 bits per heavy atom. The number of carbonyl (C=O) groups excluding carboxylic acids is 1. The van der Waals surface area contributed by atoms with E-state index in [9.17, 15) is 4.79 Å². The van der Waals surface area contributed by atoms with Gasteiger partial charge in [-0.25, -0.2) is 0 Å². The second-order valence-corrected chi connectivity index (χ2v) is 5.95. The zero-order valence-corrected chi connectivity index (χ0v) is 11.5. The van der Waals surface area contributed by atoms with E-state index in [2.05, 4.69) is 40.5 Å². The third kappa shape index (κ3) is 2.88. The van der Waals surface area contributed by atoms with E-state index in [1.54, 1.807) is 6.92 Å². The minimum Gasteiger partial charge on any atom is -0.303 e. The lowest BCUT2D eigenvalue weighted by atomic mass is 9.89. The van der Waals surface area contributed by atoms with Gasteiger partial charge in [0, 0.05) is 25.7 Å². The molecule has 1 aromatic rings. The first-order valence-electron chi connectivity index (χ1n) is 7.25. The van der Waals surface area contributed by atoms with E-state index in [1.807, 2.05) is 0 Å². The summed E-state index contributed by atoms with van der Waals surface area (Å²) in [7, 11) is 0. The van der Waals surface area contributed by atoms with Crippen molar-refractivity contribution in [3.8, 4) is 0 Å². The summed E-state index contributed by atoms with van der Waals surface area (Å²) in [5, 5.41) is 3.54. The molecular formula is C16H22N2O. The van der Waals surface area contributed by atoms with Crippen molar-refractivity contribution in [1.82, 2.24) is 10.2 Å². The maximum Gasteiger partial charge on any atom is 0.146 e. The Balaban J connectivity index is 1.59. The Bertz CT molecular complexity index is 445. The molecular weight excluding hydrogens is 236 g/mol. The Labute approximate surface area is 115 Å². The Kier molecular flexibility index (Phi) is 3.67. The first kappa shape index (κ1) is 12.8. The topological polar surface area (TPSA) is 32.3 Å². The van der Waals surface area contributed by atoms with Gasteiger partial charge in [-0.15, -0.1) is 0 Å². The number of likely N-dealkylation sites (tertiary alicyclic amines) is 1. The van der Waals surface area contributed by atoms with Crippen molar-refractivity contribution in [2.75, 3.05) is 13.1 Å². The average Bonchev–Trinajstić information content (AvgIpc) is 2.80. The number of hydrogen-bond donors (Lipinski definition) is 1. The number of benzene rings is 1. The molecule has 1 aromatic carbocycles. The molecule has 3 nitrogen and oxygen atoms in total. The van der Waals surface area contributed by atoms with Crippen LogP contribution in [0.3, 0.4) is 0 Å². The van der Waals surface area contributed by atoms with Crippen LogP contribution in [0.25, 0.3) is 0 Å². The summed E-state index contributed by atoms with van der Waals surface area (Å²) in [5.41, 5.74) is 1.38. The third-order valence-corrected chi connectivity index (χ3v) is 4.50. The molecule has 2 aliphatic heterocycles. The molecule has 3 heteroatoms. The van der Waals surface area contributed by atoms with E-state index in [4.69, 9.17) is 0 Å².